The summed E-state index contributed by atoms with van der Waals surface area (Å²) in [6.45, 7) is 5.57. The standard InChI is InChI=1S/C21H19F3N2O3/c1-3-26(4-2)16-9-8-13-10-17(20(28)29-18(13)12-16)19(27)25-15-7-5-6-14(11-15)21(22,23)24/h5-12H,3-4H2,1-2H3,(H,25,27). The van der Waals surface area contributed by atoms with Crippen LogP contribution in [0.15, 0.2) is 57.7 Å². The van der Waals surface area contributed by atoms with E-state index in [9.17, 15) is 22.8 Å². The van der Waals surface area contributed by atoms with E-state index in [1.807, 2.05) is 19.9 Å². The van der Waals surface area contributed by atoms with E-state index in [0.717, 1.165) is 30.9 Å². The fourth-order valence-corrected chi connectivity index (χ4v) is 3.02. The summed E-state index contributed by atoms with van der Waals surface area (Å²) < 4.78 is 43.8. The number of amides is 1. The molecule has 1 amide bonds. The van der Waals surface area contributed by atoms with Gasteiger partial charge in [-0.15, -0.1) is 0 Å². The van der Waals surface area contributed by atoms with Crippen LogP contribution >= 0.6 is 0 Å². The Balaban J connectivity index is 1.91. The maximum absolute atomic E-state index is 12.8. The zero-order chi connectivity index (χ0) is 21.2. The van der Waals surface area contributed by atoms with Crippen molar-refractivity contribution in [1.29, 1.82) is 0 Å². The number of hydrogen-bond donors (Lipinski definition) is 1. The topological polar surface area (TPSA) is 62.6 Å². The summed E-state index contributed by atoms with van der Waals surface area (Å²) in [5.74, 6) is -0.840. The summed E-state index contributed by atoms with van der Waals surface area (Å²) in [5.41, 5.74) is -0.906. The number of hydrogen-bond acceptors (Lipinski definition) is 4. The molecule has 0 fully saturated rings. The number of carbonyl (C=O) groups is 1. The van der Waals surface area contributed by atoms with Crippen molar-refractivity contribution in [2.24, 2.45) is 0 Å². The SMILES string of the molecule is CCN(CC)c1ccc2cc(C(=O)Nc3cccc(C(F)(F)F)c3)c(=O)oc2c1. The molecule has 2 aromatic carbocycles. The normalized spacial score (nSPS) is 11.5. The molecule has 0 unspecified atom stereocenters. The minimum atomic E-state index is -4.54. The van der Waals surface area contributed by atoms with Crippen molar-refractivity contribution in [2.75, 3.05) is 23.3 Å². The van der Waals surface area contributed by atoms with Gasteiger partial charge in [-0.25, -0.2) is 4.79 Å². The average Bonchev–Trinajstić information content (AvgIpc) is 2.67. The van der Waals surface area contributed by atoms with Crippen LogP contribution in [0.4, 0.5) is 24.5 Å². The highest BCUT2D eigenvalue weighted by Crippen LogP contribution is 2.30. The predicted molar refractivity (Wildman–Crippen MR) is 105 cm³/mol. The Labute approximate surface area is 164 Å². The molecule has 1 N–H and O–H groups in total. The van der Waals surface area contributed by atoms with E-state index in [4.69, 9.17) is 4.42 Å². The van der Waals surface area contributed by atoms with E-state index in [1.165, 1.54) is 18.2 Å². The molecule has 0 aliphatic heterocycles. The Morgan fingerprint density at radius 1 is 1.07 bits per heavy atom. The van der Waals surface area contributed by atoms with Crippen LogP contribution in [-0.2, 0) is 6.18 Å². The van der Waals surface area contributed by atoms with E-state index in [2.05, 4.69) is 10.2 Å². The zero-order valence-electron chi connectivity index (χ0n) is 15.8. The fourth-order valence-electron chi connectivity index (χ4n) is 3.02. The molecule has 1 heterocycles. The molecule has 5 nitrogen and oxygen atoms in total. The highest BCUT2D eigenvalue weighted by Gasteiger charge is 2.30. The third kappa shape index (κ3) is 4.42. The lowest BCUT2D eigenvalue weighted by molar-refractivity contribution is -0.137. The van der Waals surface area contributed by atoms with Gasteiger partial charge in [-0.1, -0.05) is 6.07 Å². The van der Waals surface area contributed by atoms with Gasteiger partial charge >= 0.3 is 11.8 Å². The third-order valence-electron chi connectivity index (χ3n) is 4.54. The Morgan fingerprint density at radius 3 is 2.45 bits per heavy atom. The Kier molecular flexibility index (Phi) is 5.63. The van der Waals surface area contributed by atoms with Crippen molar-refractivity contribution in [3.8, 4) is 0 Å². The van der Waals surface area contributed by atoms with Crippen LogP contribution in [0.5, 0.6) is 0 Å². The van der Waals surface area contributed by atoms with E-state index < -0.39 is 23.3 Å². The number of nitrogens with zero attached hydrogens (tertiary/aromatic N) is 1. The molecular formula is C21H19F3N2O3. The zero-order valence-corrected chi connectivity index (χ0v) is 15.8. The van der Waals surface area contributed by atoms with Crippen LogP contribution in [0.2, 0.25) is 0 Å². The highest BCUT2D eigenvalue weighted by atomic mass is 19.4. The van der Waals surface area contributed by atoms with Crippen LogP contribution in [0.25, 0.3) is 11.0 Å². The quantitative estimate of drug-likeness (QED) is 0.614. The maximum Gasteiger partial charge on any atom is 0.416 e. The molecular weight excluding hydrogens is 385 g/mol. The molecule has 3 rings (SSSR count). The van der Waals surface area contributed by atoms with Gasteiger partial charge in [-0.05, 0) is 50.2 Å². The minimum Gasteiger partial charge on any atom is -0.422 e. The maximum atomic E-state index is 12.8. The van der Waals surface area contributed by atoms with Gasteiger partial charge in [0.05, 0.1) is 5.56 Å². The number of carbonyl (C=O) groups excluding carboxylic acids is 1. The van der Waals surface area contributed by atoms with Gasteiger partial charge in [0.25, 0.3) is 5.91 Å². The lowest BCUT2D eigenvalue weighted by Gasteiger charge is -2.21. The first-order valence-corrected chi connectivity index (χ1v) is 9.04. The van der Waals surface area contributed by atoms with Crippen LogP contribution in [-0.4, -0.2) is 19.0 Å². The number of nitrogens with one attached hydrogen (secondary N) is 1. The van der Waals surface area contributed by atoms with E-state index >= 15 is 0 Å². The summed E-state index contributed by atoms with van der Waals surface area (Å²) in [6.07, 6.45) is -4.54. The molecule has 0 radical (unpaired) electrons. The second-order valence-electron chi connectivity index (χ2n) is 6.37. The second kappa shape index (κ2) is 7.98. The van der Waals surface area contributed by atoms with Crippen LogP contribution in [0.3, 0.4) is 0 Å². The van der Waals surface area contributed by atoms with Crippen molar-refractivity contribution in [2.45, 2.75) is 20.0 Å². The molecule has 152 valence electrons. The largest absolute Gasteiger partial charge is 0.422 e. The van der Waals surface area contributed by atoms with Gasteiger partial charge in [0, 0.05) is 35.9 Å². The van der Waals surface area contributed by atoms with Crippen molar-refractivity contribution >= 4 is 28.3 Å². The summed E-state index contributed by atoms with van der Waals surface area (Å²) >= 11 is 0. The van der Waals surface area contributed by atoms with Crippen LogP contribution in [0, 0.1) is 0 Å². The van der Waals surface area contributed by atoms with Crippen LogP contribution in [0.1, 0.15) is 29.8 Å². The third-order valence-corrected chi connectivity index (χ3v) is 4.54. The monoisotopic (exact) mass is 404 g/mol. The lowest BCUT2D eigenvalue weighted by atomic mass is 10.1. The Bertz CT molecular complexity index is 1100. The number of halogens is 3. The van der Waals surface area contributed by atoms with Crippen LogP contribution < -0.4 is 15.8 Å². The molecule has 0 atom stereocenters. The molecule has 29 heavy (non-hydrogen) atoms. The van der Waals surface area contributed by atoms with Crippen molar-refractivity contribution in [1.82, 2.24) is 0 Å². The van der Waals surface area contributed by atoms with E-state index in [0.29, 0.717) is 11.0 Å². The van der Waals surface area contributed by atoms with Gasteiger partial charge in [-0.2, -0.15) is 13.2 Å². The molecule has 0 spiro atoms. The van der Waals surface area contributed by atoms with Crippen molar-refractivity contribution in [3.05, 3.63) is 70.1 Å². The number of rotatable bonds is 5. The number of benzene rings is 2. The number of alkyl halides is 3. The second-order valence-corrected chi connectivity index (χ2v) is 6.37. The molecule has 0 bridgehead atoms. The van der Waals surface area contributed by atoms with Gasteiger partial charge in [-0.3, -0.25) is 4.79 Å². The first-order chi connectivity index (χ1) is 13.7. The van der Waals surface area contributed by atoms with Gasteiger partial charge in [0.15, 0.2) is 0 Å². The lowest BCUT2D eigenvalue weighted by Crippen LogP contribution is -2.22. The van der Waals surface area contributed by atoms with Gasteiger partial charge in [0.2, 0.25) is 0 Å². The average molecular weight is 404 g/mol. The fraction of sp³-hybridized carbons (Fsp3) is 0.238. The van der Waals surface area contributed by atoms with Gasteiger partial charge in [0.1, 0.15) is 11.1 Å². The highest BCUT2D eigenvalue weighted by molar-refractivity contribution is 6.05. The smallest absolute Gasteiger partial charge is 0.416 e. The number of anilines is 2. The summed E-state index contributed by atoms with van der Waals surface area (Å²) in [4.78, 5) is 26.8. The molecule has 0 aliphatic carbocycles. The minimum absolute atomic E-state index is 0.0683. The summed E-state index contributed by atoms with van der Waals surface area (Å²) in [5, 5.41) is 2.85. The molecule has 0 saturated carbocycles. The Hall–Kier alpha value is -3.29. The molecule has 8 heteroatoms. The van der Waals surface area contributed by atoms with Crippen molar-refractivity contribution in [3.63, 3.8) is 0 Å². The van der Waals surface area contributed by atoms with E-state index in [1.54, 1.807) is 12.1 Å². The molecule has 1 aromatic heterocycles. The molecule has 3 aromatic rings. The van der Waals surface area contributed by atoms with E-state index in [-0.39, 0.29) is 11.3 Å². The first kappa shape index (κ1) is 20.4. The number of fused-ring (bicyclic) bond motifs is 1. The first-order valence-electron chi connectivity index (χ1n) is 9.04. The summed E-state index contributed by atoms with van der Waals surface area (Å²) in [7, 11) is 0. The summed E-state index contributed by atoms with van der Waals surface area (Å²) in [6, 6.07) is 10.9. The molecule has 0 saturated heterocycles. The Morgan fingerprint density at radius 2 is 1.79 bits per heavy atom. The van der Waals surface area contributed by atoms with Gasteiger partial charge < -0.3 is 14.6 Å². The molecule has 0 aliphatic rings. The van der Waals surface area contributed by atoms with Crippen molar-refractivity contribution < 1.29 is 22.4 Å². The predicted octanol–water partition coefficient (Wildman–Crippen LogP) is 4.91.